The maximum Gasteiger partial charge on any atom is 0.255 e. The van der Waals surface area contributed by atoms with E-state index in [1.807, 2.05) is 36.4 Å². The summed E-state index contributed by atoms with van der Waals surface area (Å²) in [7, 11) is 1.77. The molecule has 1 aliphatic rings. The van der Waals surface area contributed by atoms with Crippen LogP contribution in [-0.2, 0) is 11.8 Å². The van der Waals surface area contributed by atoms with Crippen molar-refractivity contribution in [3.8, 4) is 22.4 Å². The third-order valence-corrected chi connectivity index (χ3v) is 5.83. The van der Waals surface area contributed by atoms with Crippen LogP contribution in [0.15, 0.2) is 90.0 Å². The van der Waals surface area contributed by atoms with Crippen molar-refractivity contribution in [1.29, 1.82) is 0 Å². The highest BCUT2D eigenvalue weighted by Gasteiger charge is 2.27. The molecule has 2 aromatic heterocycles. The average molecular weight is 425 g/mol. The van der Waals surface area contributed by atoms with Gasteiger partial charge in [-0.2, -0.15) is 0 Å². The van der Waals surface area contributed by atoms with E-state index in [0.717, 1.165) is 22.3 Å². The van der Waals surface area contributed by atoms with Gasteiger partial charge >= 0.3 is 0 Å². The van der Waals surface area contributed by atoms with E-state index in [9.17, 15) is 4.79 Å². The highest BCUT2D eigenvalue weighted by molar-refractivity contribution is 5.68. The van der Waals surface area contributed by atoms with Crippen LogP contribution < -0.4 is 10.5 Å². The van der Waals surface area contributed by atoms with Gasteiger partial charge in [0.25, 0.3) is 5.56 Å². The van der Waals surface area contributed by atoms with Crippen LogP contribution in [0.5, 0.6) is 0 Å². The Morgan fingerprint density at radius 1 is 0.938 bits per heavy atom. The molecule has 0 spiro atoms. The Balaban J connectivity index is 1.50. The molecule has 0 N–H and O–H groups in total. The van der Waals surface area contributed by atoms with Gasteiger partial charge < -0.3 is 9.64 Å². The van der Waals surface area contributed by atoms with E-state index in [4.69, 9.17) is 9.72 Å². The molecule has 6 heteroatoms. The van der Waals surface area contributed by atoms with Gasteiger partial charge in [0.2, 0.25) is 5.95 Å². The summed E-state index contributed by atoms with van der Waals surface area (Å²) in [5, 5.41) is 0. The van der Waals surface area contributed by atoms with E-state index in [1.165, 1.54) is 0 Å². The zero-order valence-electron chi connectivity index (χ0n) is 17.9. The molecule has 3 heterocycles. The monoisotopic (exact) mass is 424 g/mol. The Kier molecular flexibility index (Phi) is 5.52. The van der Waals surface area contributed by atoms with Crippen molar-refractivity contribution >= 4 is 5.95 Å². The van der Waals surface area contributed by atoms with Crippen LogP contribution in [0.1, 0.15) is 11.7 Å². The van der Waals surface area contributed by atoms with Gasteiger partial charge in [0.05, 0.1) is 18.8 Å². The molecule has 1 unspecified atom stereocenters. The van der Waals surface area contributed by atoms with E-state index in [-0.39, 0.29) is 11.7 Å². The second-order valence-electron chi connectivity index (χ2n) is 7.83. The number of hydrogen-bond donors (Lipinski definition) is 0. The Bertz CT molecular complexity index is 1270. The number of pyridine rings is 1. The van der Waals surface area contributed by atoms with Crippen molar-refractivity contribution in [1.82, 2.24) is 14.5 Å². The Morgan fingerprint density at radius 3 is 2.50 bits per heavy atom. The number of nitrogens with zero attached hydrogens (tertiary/aromatic N) is 4. The van der Waals surface area contributed by atoms with Crippen LogP contribution >= 0.6 is 0 Å². The normalized spacial score (nSPS) is 16.2. The lowest BCUT2D eigenvalue weighted by molar-refractivity contribution is 0.0393. The molecule has 1 saturated heterocycles. The average Bonchev–Trinajstić information content (AvgIpc) is 2.87. The van der Waals surface area contributed by atoms with Crippen molar-refractivity contribution in [2.45, 2.75) is 6.10 Å². The van der Waals surface area contributed by atoms with Crippen molar-refractivity contribution in [2.75, 3.05) is 24.6 Å². The van der Waals surface area contributed by atoms with Crippen LogP contribution in [-0.4, -0.2) is 34.2 Å². The predicted octanol–water partition coefficient (Wildman–Crippen LogP) is 4.09. The number of benzene rings is 2. The molecule has 2 aromatic carbocycles. The molecule has 160 valence electrons. The van der Waals surface area contributed by atoms with Gasteiger partial charge in [-0.25, -0.2) is 4.98 Å². The maximum atomic E-state index is 12.7. The summed E-state index contributed by atoms with van der Waals surface area (Å²) in [5.74, 6) is 0.648. The summed E-state index contributed by atoms with van der Waals surface area (Å²) in [5.41, 5.74) is 4.89. The molecule has 0 radical (unpaired) electrons. The second kappa shape index (κ2) is 8.77. The molecule has 1 fully saturated rings. The summed E-state index contributed by atoms with van der Waals surface area (Å²) in [6, 6.07) is 24.0. The minimum Gasteiger partial charge on any atom is -0.370 e. The fourth-order valence-corrected chi connectivity index (χ4v) is 4.16. The lowest BCUT2D eigenvalue weighted by Gasteiger charge is -2.35. The summed E-state index contributed by atoms with van der Waals surface area (Å²) in [6.07, 6.45) is 3.29. The topological polar surface area (TPSA) is 60.2 Å². The Labute approximate surface area is 186 Å². The van der Waals surface area contributed by atoms with Gasteiger partial charge in [0, 0.05) is 37.6 Å². The van der Waals surface area contributed by atoms with Crippen molar-refractivity contribution < 1.29 is 4.74 Å². The number of hydrogen-bond acceptors (Lipinski definition) is 5. The van der Waals surface area contributed by atoms with Crippen molar-refractivity contribution in [3.05, 3.63) is 101 Å². The molecular formula is C26H24N4O2. The third-order valence-electron chi connectivity index (χ3n) is 5.83. The fourth-order valence-electron chi connectivity index (χ4n) is 4.16. The number of ether oxygens (including phenoxy) is 1. The summed E-state index contributed by atoms with van der Waals surface area (Å²) in [4.78, 5) is 23.8. The summed E-state index contributed by atoms with van der Waals surface area (Å²) in [6.45, 7) is 1.84. The van der Waals surface area contributed by atoms with Gasteiger partial charge in [0.1, 0.15) is 6.10 Å². The molecule has 0 bridgehead atoms. The molecule has 5 rings (SSSR count). The first-order chi connectivity index (χ1) is 15.7. The lowest BCUT2D eigenvalue weighted by Crippen LogP contribution is -2.41. The first-order valence-corrected chi connectivity index (χ1v) is 10.7. The molecule has 0 saturated carbocycles. The first-order valence-electron chi connectivity index (χ1n) is 10.7. The van der Waals surface area contributed by atoms with Gasteiger partial charge in [-0.3, -0.25) is 14.3 Å². The van der Waals surface area contributed by atoms with Crippen LogP contribution in [0.4, 0.5) is 5.95 Å². The van der Waals surface area contributed by atoms with Gasteiger partial charge in [-0.15, -0.1) is 0 Å². The quantitative estimate of drug-likeness (QED) is 0.494. The zero-order chi connectivity index (χ0) is 21.9. The third kappa shape index (κ3) is 3.92. The van der Waals surface area contributed by atoms with Crippen LogP contribution in [0, 0.1) is 0 Å². The highest BCUT2D eigenvalue weighted by Crippen LogP contribution is 2.33. The largest absolute Gasteiger partial charge is 0.370 e. The van der Waals surface area contributed by atoms with E-state index in [0.29, 0.717) is 31.3 Å². The zero-order valence-corrected chi connectivity index (χ0v) is 17.9. The fraction of sp³-hybridized carbons (Fsp3) is 0.192. The summed E-state index contributed by atoms with van der Waals surface area (Å²) >= 11 is 0. The van der Waals surface area contributed by atoms with Gasteiger partial charge in [0.15, 0.2) is 0 Å². The Hall–Kier alpha value is -3.77. The smallest absolute Gasteiger partial charge is 0.255 e. The second-order valence-corrected chi connectivity index (χ2v) is 7.83. The van der Waals surface area contributed by atoms with E-state index >= 15 is 0 Å². The molecule has 4 aromatic rings. The molecular weight excluding hydrogens is 400 g/mol. The Morgan fingerprint density at radius 2 is 1.69 bits per heavy atom. The van der Waals surface area contributed by atoms with Crippen molar-refractivity contribution in [3.63, 3.8) is 0 Å². The maximum absolute atomic E-state index is 12.7. The SMILES string of the molecule is Cn1c(N2CCOC(c3ccccc3-c3ccccc3)C2)nc(-c2ccncc2)cc1=O. The molecule has 0 amide bonds. The molecule has 1 atom stereocenters. The molecule has 32 heavy (non-hydrogen) atoms. The minimum atomic E-state index is -0.123. The van der Waals surface area contributed by atoms with Gasteiger partial charge in [-0.05, 0) is 28.8 Å². The summed E-state index contributed by atoms with van der Waals surface area (Å²) < 4.78 is 7.81. The van der Waals surface area contributed by atoms with E-state index in [2.05, 4.69) is 40.2 Å². The predicted molar refractivity (Wildman–Crippen MR) is 125 cm³/mol. The standard InChI is InChI=1S/C26H24N4O2/c1-29-25(31)17-23(20-11-13-27-14-12-20)28-26(29)30-15-16-32-24(18-30)22-10-6-5-9-21(22)19-7-3-2-4-8-19/h2-14,17,24H,15-16,18H2,1H3. The van der Waals surface area contributed by atoms with Crippen molar-refractivity contribution in [2.24, 2.45) is 7.05 Å². The van der Waals surface area contributed by atoms with Crippen LogP contribution in [0.25, 0.3) is 22.4 Å². The molecule has 6 nitrogen and oxygen atoms in total. The van der Waals surface area contributed by atoms with Crippen LogP contribution in [0.3, 0.4) is 0 Å². The van der Waals surface area contributed by atoms with E-state index in [1.54, 1.807) is 30.1 Å². The number of anilines is 1. The number of aromatic nitrogens is 3. The first kappa shape index (κ1) is 20.2. The number of morpholine rings is 1. The molecule has 0 aliphatic carbocycles. The van der Waals surface area contributed by atoms with Gasteiger partial charge in [-0.1, -0.05) is 54.6 Å². The lowest BCUT2D eigenvalue weighted by atomic mass is 9.95. The highest BCUT2D eigenvalue weighted by atomic mass is 16.5. The van der Waals surface area contributed by atoms with Crippen LogP contribution in [0.2, 0.25) is 0 Å². The minimum absolute atomic E-state index is 0.0884. The van der Waals surface area contributed by atoms with E-state index < -0.39 is 0 Å². The molecule has 1 aliphatic heterocycles. The number of rotatable bonds is 4.